The normalized spacial score (nSPS) is 16.1. The Morgan fingerprint density at radius 2 is 1.80 bits per heavy atom. The Bertz CT molecular complexity index is 1230. The van der Waals surface area contributed by atoms with E-state index in [2.05, 4.69) is 0 Å². The fourth-order valence-electron chi connectivity index (χ4n) is 2.46. The molecule has 0 atom stereocenters. The molecule has 0 aliphatic heterocycles. The zero-order valence-electron chi connectivity index (χ0n) is 17.7. The standard InChI is InChI=1S/C19H14O/c1-13-7-5-12-17-18(13)16-11-6-10-15(19(16)20-17)14-8-3-2-4-9-14/h2-12H,1H3/i2D,3D,4D,5D,8D,9D,10D. The van der Waals surface area contributed by atoms with Crippen molar-refractivity contribution in [1.29, 1.82) is 0 Å². The van der Waals surface area contributed by atoms with E-state index in [0.29, 0.717) is 11.0 Å². The van der Waals surface area contributed by atoms with Gasteiger partial charge in [-0.25, -0.2) is 0 Å². The van der Waals surface area contributed by atoms with Crippen LogP contribution in [0.25, 0.3) is 33.1 Å². The molecule has 0 radical (unpaired) electrons. The molecule has 4 aromatic rings. The second-order valence-electron chi connectivity index (χ2n) is 4.58. The summed E-state index contributed by atoms with van der Waals surface area (Å²) in [7, 11) is 0. The highest BCUT2D eigenvalue weighted by Gasteiger charge is 2.12. The van der Waals surface area contributed by atoms with Gasteiger partial charge in [0, 0.05) is 16.3 Å². The summed E-state index contributed by atoms with van der Waals surface area (Å²) in [6.07, 6.45) is 0. The van der Waals surface area contributed by atoms with Crippen molar-refractivity contribution in [3.63, 3.8) is 0 Å². The molecule has 96 valence electrons. The van der Waals surface area contributed by atoms with E-state index in [1.165, 1.54) is 6.07 Å². The van der Waals surface area contributed by atoms with E-state index in [9.17, 15) is 0 Å². The number of rotatable bonds is 1. The van der Waals surface area contributed by atoms with Crippen molar-refractivity contribution in [1.82, 2.24) is 0 Å². The third-order valence-corrected chi connectivity index (χ3v) is 3.34. The first-order chi connectivity index (χ1) is 12.7. The molecule has 0 N–H and O–H groups in total. The third kappa shape index (κ3) is 1.56. The van der Waals surface area contributed by atoms with Gasteiger partial charge in [-0.15, -0.1) is 0 Å². The van der Waals surface area contributed by atoms with Crippen molar-refractivity contribution in [3.05, 3.63) is 72.1 Å². The zero-order chi connectivity index (χ0) is 19.6. The molecule has 20 heavy (non-hydrogen) atoms. The van der Waals surface area contributed by atoms with Crippen molar-refractivity contribution < 1.29 is 14.0 Å². The van der Waals surface area contributed by atoms with Crippen LogP contribution in [0.2, 0.25) is 0 Å². The smallest absolute Gasteiger partial charge is 0.143 e. The number of aryl methyl sites for hydroxylation is 1. The van der Waals surface area contributed by atoms with E-state index in [1.54, 1.807) is 18.2 Å². The molecular weight excluding hydrogens is 244 g/mol. The van der Waals surface area contributed by atoms with Crippen LogP contribution in [-0.4, -0.2) is 0 Å². The highest BCUT2D eigenvalue weighted by molar-refractivity contribution is 6.10. The molecule has 0 spiro atoms. The zero-order valence-corrected chi connectivity index (χ0v) is 10.7. The first kappa shape index (κ1) is 6.27. The number of benzene rings is 3. The van der Waals surface area contributed by atoms with E-state index in [1.807, 2.05) is 6.92 Å². The number of fused-ring (bicyclic) bond motifs is 3. The fraction of sp³-hybridized carbons (Fsp3) is 0.0526. The van der Waals surface area contributed by atoms with Crippen LogP contribution in [0, 0.1) is 6.92 Å². The van der Waals surface area contributed by atoms with Gasteiger partial charge in [-0.2, -0.15) is 0 Å². The maximum absolute atomic E-state index is 8.31. The van der Waals surface area contributed by atoms with Gasteiger partial charge in [0.1, 0.15) is 11.2 Å². The predicted molar refractivity (Wildman–Crippen MR) is 83.9 cm³/mol. The molecule has 3 aromatic carbocycles. The minimum Gasteiger partial charge on any atom is -0.455 e. The van der Waals surface area contributed by atoms with Crippen LogP contribution in [0.3, 0.4) is 0 Å². The number of hydrogen-bond acceptors (Lipinski definition) is 1. The average molecular weight is 265 g/mol. The topological polar surface area (TPSA) is 13.1 Å². The average Bonchev–Trinajstić information content (AvgIpc) is 2.98. The highest BCUT2D eigenvalue weighted by Crippen LogP contribution is 2.36. The Labute approximate surface area is 127 Å². The van der Waals surface area contributed by atoms with Crippen LogP contribution in [0.1, 0.15) is 15.2 Å². The molecule has 0 aliphatic carbocycles. The van der Waals surface area contributed by atoms with Gasteiger partial charge in [0.2, 0.25) is 0 Å². The number of hydrogen-bond donors (Lipinski definition) is 0. The van der Waals surface area contributed by atoms with Crippen LogP contribution in [0.4, 0.5) is 0 Å². The molecule has 1 heterocycles. The van der Waals surface area contributed by atoms with E-state index < -0.39 is 18.1 Å². The van der Waals surface area contributed by atoms with Crippen molar-refractivity contribution in [2.75, 3.05) is 0 Å². The fourth-order valence-corrected chi connectivity index (χ4v) is 2.46. The molecule has 0 fully saturated rings. The van der Waals surface area contributed by atoms with Gasteiger partial charge < -0.3 is 4.42 Å². The summed E-state index contributed by atoms with van der Waals surface area (Å²) in [5.74, 6) is 0. The molecule has 0 unspecified atom stereocenters. The first-order valence-electron chi connectivity index (χ1n) is 9.72. The van der Waals surface area contributed by atoms with E-state index >= 15 is 0 Å². The summed E-state index contributed by atoms with van der Waals surface area (Å²) in [4.78, 5) is 0. The lowest BCUT2D eigenvalue weighted by molar-refractivity contribution is 0.670. The van der Waals surface area contributed by atoms with Crippen LogP contribution < -0.4 is 0 Å². The summed E-state index contributed by atoms with van der Waals surface area (Å²) in [5.41, 5.74) is 1.69. The minimum absolute atomic E-state index is 0.00355. The van der Waals surface area contributed by atoms with Gasteiger partial charge in [-0.1, -0.05) is 60.5 Å². The van der Waals surface area contributed by atoms with Crippen molar-refractivity contribution >= 4 is 21.9 Å². The maximum Gasteiger partial charge on any atom is 0.143 e. The Morgan fingerprint density at radius 3 is 2.65 bits per heavy atom. The largest absolute Gasteiger partial charge is 0.455 e. The van der Waals surface area contributed by atoms with E-state index in [0.717, 1.165) is 10.9 Å². The summed E-state index contributed by atoms with van der Waals surface area (Å²) in [6, 6.07) is 4.67. The molecule has 1 heteroatoms. The summed E-state index contributed by atoms with van der Waals surface area (Å²) < 4.78 is 62.2. The van der Waals surface area contributed by atoms with Gasteiger partial charge in [-0.3, -0.25) is 0 Å². The van der Waals surface area contributed by atoms with E-state index in [4.69, 9.17) is 14.0 Å². The van der Waals surface area contributed by atoms with Crippen LogP contribution in [-0.2, 0) is 0 Å². The van der Waals surface area contributed by atoms with Crippen molar-refractivity contribution in [2.45, 2.75) is 6.92 Å². The lowest BCUT2D eigenvalue weighted by Gasteiger charge is -2.02. The van der Waals surface area contributed by atoms with Gasteiger partial charge in [0.05, 0.1) is 9.60 Å². The van der Waals surface area contributed by atoms with Crippen LogP contribution in [0.5, 0.6) is 0 Å². The monoisotopic (exact) mass is 265 g/mol. The molecular formula is C19H14O. The Balaban J connectivity index is 2.22. The highest BCUT2D eigenvalue weighted by atomic mass is 16.3. The SMILES string of the molecule is [2H]c1cc(C)c2c(c1)oc1c(-c3c([2H])c([2H])c([2H])c([2H])c3[2H])c([2H])ccc12. The molecule has 1 aromatic heterocycles. The molecule has 0 aliphatic rings. The summed E-state index contributed by atoms with van der Waals surface area (Å²) >= 11 is 0. The Kier molecular flexibility index (Phi) is 1.33. The molecule has 0 saturated carbocycles. The summed E-state index contributed by atoms with van der Waals surface area (Å²) in [6.45, 7) is 1.86. The third-order valence-electron chi connectivity index (χ3n) is 3.34. The molecule has 1 nitrogen and oxygen atoms in total. The maximum atomic E-state index is 8.31. The van der Waals surface area contributed by atoms with Crippen molar-refractivity contribution in [2.24, 2.45) is 0 Å². The second kappa shape index (κ2) is 4.24. The summed E-state index contributed by atoms with van der Waals surface area (Å²) in [5, 5.41) is 1.47. The van der Waals surface area contributed by atoms with Gasteiger partial charge in [-0.05, 0) is 24.1 Å². The molecule has 4 rings (SSSR count). The molecule has 0 bridgehead atoms. The lowest BCUT2D eigenvalue weighted by atomic mass is 10.0. The van der Waals surface area contributed by atoms with Crippen LogP contribution >= 0.6 is 0 Å². The molecule has 0 amide bonds. The van der Waals surface area contributed by atoms with Gasteiger partial charge in [0.25, 0.3) is 0 Å². The van der Waals surface area contributed by atoms with Crippen molar-refractivity contribution in [3.8, 4) is 11.1 Å². The minimum atomic E-state index is -0.480. The lowest BCUT2D eigenvalue weighted by Crippen LogP contribution is -1.78. The quantitative estimate of drug-likeness (QED) is 0.439. The Hall–Kier alpha value is -2.54. The Morgan fingerprint density at radius 1 is 0.950 bits per heavy atom. The first-order valence-corrected chi connectivity index (χ1v) is 6.22. The number of furan rings is 1. The molecule has 0 saturated heterocycles. The van der Waals surface area contributed by atoms with E-state index in [-0.39, 0.29) is 40.9 Å². The van der Waals surface area contributed by atoms with Gasteiger partial charge in [0.15, 0.2) is 0 Å². The number of para-hydroxylation sites is 1. The van der Waals surface area contributed by atoms with Crippen LogP contribution in [0.15, 0.2) is 71.0 Å². The predicted octanol–water partition coefficient (Wildman–Crippen LogP) is 5.56. The van der Waals surface area contributed by atoms with Gasteiger partial charge >= 0.3 is 0 Å². The second-order valence-corrected chi connectivity index (χ2v) is 4.58.